The van der Waals surface area contributed by atoms with Gasteiger partial charge in [-0.15, -0.1) is 0 Å². The number of para-hydroxylation sites is 2. The number of hydrogen-bond acceptors (Lipinski definition) is 1. The van der Waals surface area contributed by atoms with Crippen molar-refractivity contribution in [3.63, 3.8) is 0 Å². The minimum atomic E-state index is 0.914. The Hall–Kier alpha value is -5.08. The predicted octanol–water partition coefficient (Wildman–Crippen LogP) is 10.1. The van der Waals surface area contributed by atoms with Crippen LogP contribution in [-0.2, 0) is 6.42 Å². The lowest BCUT2D eigenvalue weighted by atomic mass is 9.93. The summed E-state index contributed by atoms with van der Waals surface area (Å²) in [6.45, 7) is 2.23. The van der Waals surface area contributed by atoms with Crippen molar-refractivity contribution >= 4 is 38.3 Å². The van der Waals surface area contributed by atoms with Crippen LogP contribution in [0.1, 0.15) is 11.1 Å². The van der Waals surface area contributed by atoms with Crippen LogP contribution in [0, 0.1) is 6.92 Å². The van der Waals surface area contributed by atoms with Crippen LogP contribution in [0.3, 0.4) is 0 Å². The maximum absolute atomic E-state index is 2.38. The number of rotatable bonds is 6. The Labute approximate surface area is 241 Å². The van der Waals surface area contributed by atoms with Gasteiger partial charge in [-0.3, -0.25) is 0 Å². The van der Waals surface area contributed by atoms with Gasteiger partial charge in [0.2, 0.25) is 0 Å². The van der Waals surface area contributed by atoms with E-state index in [1.54, 1.807) is 0 Å². The van der Waals surface area contributed by atoms with Crippen molar-refractivity contribution in [1.82, 2.24) is 4.57 Å². The fourth-order valence-electron chi connectivity index (χ4n) is 6.24. The molecule has 0 atom stereocenters. The van der Waals surface area contributed by atoms with E-state index in [1.807, 2.05) is 0 Å². The van der Waals surface area contributed by atoms with Gasteiger partial charge in [0, 0.05) is 35.1 Å². The Kier molecular flexibility index (Phi) is 6.37. The van der Waals surface area contributed by atoms with Crippen molar-refractivity contribution in [1.29, 1.82) is 0 Å². The van der Waals surface area contributed by atoms with Crippen molar-refractivity contribution in [2.75, 3.05) is 11.9 Å². The first kappa shape index (κ1) is 24.9. The normalized spacial score (nSPS) is 11.7. The van der Waals surface area contributed by atoms with E-state index in [0.29, 0.717) is 0 Å². The minimum absolute atomic E-state index is 0.914. The lowest BCUT2D eigenvalue weighted by molar-refractivity contribution is 1.16. The van der Waals surface area contributed by atoms with Crippen LogP contribution in [0.4, 0.5) is 5.69 Å². The van der Waals surface area contributed by atoms with Crippen molar-refractivity contribution in [3.8, 4) is 16.8 Å². The second kappa shape index (κ2) is 10.5. The highest BCUT2D eigenvalue weighted by molar-refractivity contribution is 6.12. The highest BCUT2D eigenvalue weighted by atomic mass is 15.1. The van der Waals surface area contributed by atoms with Crippen molar-refractivity contribution in [2.45, 2.75) is 13.3 Å². The van der Waals surface area contributed by atoms with E-state index in [0.717, 1.165) is 6.42 Å². The van der Waals surface area contributed by atoms with Gasteiger partial charge in [0.05, 0.1) is 16.7 Å². The Morgan fingerprint density at radius 3 is 2.02 bits per heavy atom. The molecule has 198 valence electrons. The second-order valence-corrected chi connectivity index (χ2v) is 10.7. The van der Waals surface area contributed by atoms with Crippen molar-refractivity contribution < 1.29 is 0 Å². The monoisotopic (exact) mass is 528 g/mol. The first-order valence-corrected chi connectivity index (χ1v) is 14.2. The van der Waals surface area contributed by atoms with E-state index in [-0.39, 0.29) is 0 Å². The number of anilines is 1. The molecule has 0 fully saturated rings. The first-order chi connectivity index (χ1) is 20.2. The molecule has 1 heterocycles. The van der Waals surface area contributed by atoms with Crippen LogP contribution < -0.4 is 4.90 Å². The molecule has 0 aliphatic heterocycles. The number of benzene rings is 6. The van der Waals surface area contributed by atoms with Crippen LogP contribution >= 0.6 is 0 Å². The smallest absolute Gasteiger partial charge is 0.0541 e. The van der Waals surface area contributed by atoms with E-state index in [2.05, 4.69) is 169 Å². The van der Waals surface area contributed by atoms with Gasteiger partial charge in [-0.25, -0.2) is 0 Å². The van der Waals surface area contributed by atoms with Crippen molar-refractivity contribution in [3.05, 3.63) is 157 Å². The van der Waals surface area contributed by atoms with Gasteiger partial charge >= 0.3 is 0 Å². The Morgan fingerprint density at radius 1 is 0.610 bits per heavy atom. The summed E-state index contributed by atoms with van der Waals surface area (Å²) >= 11 is 0. The highest BCUT2D eigenvalue weighted by Gasteiger charge is 2.16. The third kappa shape index (κ3) is 4.48. The minimum Gasteiger partial charge on any atom is -0.351 e. The highest BCUT2D eigenvalue weighted by Crippen LogP contribution is 2.40. The van der Waals surface area contributed by atoms with Gasteiger partial charge in [-0.05, 0) is 77.4 Å². The summed E-state index contributed by atoms with van der Waals surface area (Å²) in [5.74, 6) is 0. The van der Waals surface area contributed by atoms with E-state index < -0.39 is 0 Å². The average Bonchev–Trinajstić information content (AvgIpc) is 3.35. The molecular weight excluding hydrogens is 496 g/mol. The molecule has 6 aromatic carbocycles. The van der Waals surface area contributed by atoms with E-state index in [4.69, 9.17) is 0 Å². The van der Waals surface area contributed by atoms with Crippen LogP contribution in [0.2, 0.25) is 0 Å². The lowest BCUT2D eigenvalue weighted by Crippen LogP contribution is -2.10. The predicted molar refractivity (Wildman–Crippen MR) is 176 cm³/mol. The number of allylic oxidation sites excluding steroid dienone is 1. The molecule has 0 radical (unpaired) electrons. The largest absolute Gasteiger partial charge is 0.351 e. The molecule has 2 heteroatoms. The lowest BCUT2D eigenvalue weighted by Gasteiger charge is -2.22. The van der Waals surface area contributed by atoms with Gasteiger partial charge < -0.3 is 9.47 Å². The van der Waals surface area contributed by atoms with Gasteiger partial charge in [0.1, 0.15) is 0 Å². The fraction of sp³-hybridized carbons (Fsp3) is 0.0769. The molecular formula is C39H32N2. The third-order valence-electron chi connectivity index (χ3n) is 8.08. The summed E-state index contributed by atoms with van der Waals surface area (Å²) in [6, 6.07) is 48.1. The van der Waals surface area contributed by atoms with E-state index >= 15 is 0 Å². The zero-order valence-electron chi connectivity index (χ0n) is 23.5. The molecule has 0 aliphatic carbocycles. The van der Waals surface area contributed by atoms with E-state index in [1.165, 1.54) is 66.2 Å². The molecule has 2 nitrogen and oxygen atoms in total. The standard InChI is InChI=1S/C39H32N2/c1-28-26-35(32-19-9-10-21-34(32)39(28)40(2)25-13-16-29-14-5-3-6-15-29)30-23-24-38-36(27-30)33-20-11-12-22-37(33)41(38)31-17-7-4-8-18-31/h3-15,17-27H,16H2,1-2H3/b25-13+. The van der Waals surface area contributed by atoms with Crippen LogP contribution in [0.5, 0.6) is 0 Å². The summed E-state index contributed by atoms with van der Waals surface area (Å²) in [4.78, 5) is 2.26. The summed E-state index contributed by atoms with van der Waals surface area (Å²) < 4.78 is 2.37. The molecule has 0 bridgehead atoms. The molecule has 0 saturated heterocycles. The Bertz CT molecular complexity index is 2030. The van der Waals surface area contributed by atoms with Gasteiger partial charge in [-0.1, -0.05) is 103 Å². The summed E-state index contributed by atoms with van der Waals surface area (Å²) in [7, 11) is 2.15. The molecule has 0 unspecified atom stereocenters. The molecule has 0 amide bonds. The molecule has 0 spiro atoms. The number of fused-ring (bicyclic) bond motifs is 4. The third-order valence-corrected chi connectivity index (χ3v) is 8.08. The van der Waals surface area contributed by atoms with Gasteiger partial charge in [-0.2, -0.15) is 0 Å². The maximum atomic E-state index is 2.38. The quantitative estimate of drug-likeness (QED) is 0.208. The molecule has 0 N–H and O–H groups in total. The van der Waals surface area contributed by atoms with E-state index in [9.17, 15) is 0 Å². The molecule has 1 aromatic heterocycles. The Morgan fingerprint density at radius 2 is 1.24 bits per heavy atom. The topological polar surface area (TPSA) is 8.17 Å². The molecule has 7 rings (SSSR count). The zero-order chi connectivity index (χ0) is 27.8. The second-order valence-electron chi connectivity index (χ2n) is 10.7. The summed E-state index contributed by atoms with van der Waals surface area (Å²) in [5, 5.41) is 5.08. The van der Waals surface area contributed by atoms with Gasteiger partial charge in [0.25, 0.3) is 0 Å². The van der Waals surface area contributed by atoms with Crippen LogP contribution in [0.15, 0.2) is 146 Å². The molecule has 7 aromatic rings. The fourth-order valence-corrected chi connectivity index (χ4v) is 6.24. The zero-order valence-corrected chi connectivity index (χ0v) is 23.5. The average molecular weight is 529 g/mol. The summed E-state index contributed by atoms with van der Waals surface area (Å²) in [5.41, 5.74) is 9.96. The summed E-state index contributed by atoms with van der Waals surface area (Å²) in [6.07, 6.45) is 5.36. The first-order valence-electron chi connectivity index (χ1n) is 14.2. The molecule has 0 saturated carbocycles. The van der Waals surface area contributed by atoms with Crippen LogP contribution in [-0.4, -0.2) is 11.6 Å². The van der Waals surface area contributed by atoms with Crippen LogP contribution in [0.25, 0.3) is 49.4 Å². The Balaban J connectivity index is 1.35. The maximum Gasteiger partial charge on any atom is 0.0541 e. The number of hydrogen-bond donors (Lipinski definition) is 0. The number of aromatic nitrogens is 1. The molecule has 41 heavy (non-hydrogen) atoms. The SMILES string of the molecule is Cc1cc(-c2ccc3c(c2)c2ccccc2n3-c2ccccc2)c2ccccc2c1N(C)/C=C/Cc1ccccc1. The molecule has 0 aliphatic rings. The van der Waals surface area contributed by atoms with Crippen molar-refractivity contribution in [2.24, 2.45) is 0 Å². The number of aryl methyl sites for hydroxylation is 1. The van der Waals surface area contributed by atoms with Gasteiger partial charge in [0.15, 0.2) is 0 Å². The number of nitrogens with zero attached hydrogens (tertiary/aromatic N) is 2.